The number of carbonyl (C=O) groups is 1. The first-order valence-electron chi connectivity index (χ1n) is 10.0. The van der Waals surface area contributed by atoms with Crippen molar-refractivity contribution in [3.63, 3.8) is 0 Å². The largest absolute Gasteiger partial charge is 0.342 e. The topological polar surface area (TPSA) is 23.6 Å². The quantitative estimate of drug-likeness (QED) is 0.462. The molecule has 6 heteroatoms. The van der Waals surface area contributed by atoms with Crippen molar-refractivity contribution in [2.75, 3.05) is 13.1 Å². The highest BCUT2D eigenvalue weighted by Gasteiger charge is 2.26. The molecule has 1 aromatic carbocycles. The lowest BCUT2D eigenvalue weighted by Gasteiger charge is -2.35. The van der Waals surface area contributed by atoms with Crippen LogP contribution in [0, 0.1) is 5.82 Å². The Morgan fingerprint density at radius 1 is 1.14 bits per heavy atom. The molecule has 0 N–H and O–H groups in total. The van der Waals surface area contributed by atoms with Gasteiger partial charge < -0.3 is 9.80 Å². The predicted molar refractivity (Wildman–Crippen MR) is 120 cm³/mol. The van der Waals surface area contributed by atoms with E-state index in [0.717, 1.165) is 42.8 Å². The Morgan fingerprint density at radius 2 is 1.72 bits per heavy atom. The van der Waals surface area contributed by atoms with E-state index < -0.39 is 0 Å². The molecule has 0 aromatic heterocycles. The van der Waals surface area contributed by atoms with Crippen molar-refractivity contribution in [3.8, 4) is 0 Å². The van der Waals surface area contributed by atoms with Crippen LogP contribution in [0.25, 0.3) is 5.57 Å². The Kier molecular flexibility index (Phi) is 8.79. The van der Waals surface area contributed by atoms with E-state index in [2.05, 4.69) is 13.8 Å². The van der Waals surface area contributed by atoms with Crippen LogP contribution in [0.1, 0.15) is 52.5 Å². The Labute approximate surface area is 183 Å². The van der Waals surface area contributed by atoms with Gasteiger partial charge in [0.15, 0.2) is 0 Å². The third-order valence-corrected chi connectivity index (χ3v) is 5.67. The van der Waals surface area contributed by atoms with E-state index in [4.69, 9.17) is 23.2 Å². The predicted octanol–water partition coefficient (Wildman–Crippen LogP) is 6.50. The highest BCUT2D eigenvalue weighted by Crippen LogP contribution is 2.33. The number of nitrogens with zero attached hydrogens (tertiary/aromatic N) is 2. The van der Waals surface area contributed by atoms with Crippen LogP contribution >= 0.6 is 23.2 Å². The maximum atomic E-state index is 13.4. The van der Waals surface area contributed by atoms with Crippen LogP contribution in [0.15, 0.2) is 52.3 Å². The highest BCUT2D eigenvalue weighted by molar-refractivity contribution is 6.35. The summed E-state index contributed by atoms with van der Waals surface area (Å²) < 4.78 is 13.4. The molecule has 0 fully saturated rings. The molecule has 1 aliphatic rings. The summed E-state index contributed by atoms with van der Waals surface area (Å²) in [7, 11) is 0. The third kappa shape index (κ3) is 6.10. The molecule has 1 aliphatic heterocycles. The molecular weight excluding hydrogens is 410 g/mol. The van der Waals surface area contributed by atoms with Gasteiger partial charge in [-0.15, -0.1) is 0 Å². The number of allylic oxidation sites excluding steroid dienone is 3. The average Bonchev–Trinajstić information content (AvgIpc) is 2.68. The number of amides is 1. The minimum Gasteiger partial charge on any atom is -0.342 e. The van der Waals surface area contributed by atoms with Crippen molar-refractivity contribution in [1.82, 2.24) is 9.80 Å². The fourth-order valence-corrected chi connectivity index (χ4v) is 3.92. The van der Waals surface area contributed by atoms with Gasteiger partial charge in [-0.05, 0) is 56.0 Å². The molecule has 2 rings (SSSR count). The second-order valence-electron chi connectivity index (χ2n) is 7.26. The summed E-state index contributed by atoms with van der Waals surface area (Å²) in [5.41, 5.74) is 2.56. The van der Waals surface area contributed by atoms with Crippen molar-refractivity contribution >= 4 is 34.7 Å². The van der Waals surface area contributed by atoms with Crippen molar-refractivity contribution in [2.45, 2.75) is 53.0 Å². The minimum absolute atomic E-state index is 0.0626. The van der Waals surface area contributed by atoms with E-state index in [9.17, 15) is 9.18 Å². The van der Waals surface area contributed by atoms with Crippen molar-refractivity contribution in [1.29, 1.82) is 0 Å². The van der Waals surface area contributed by atoms with Crippen LogP contribution in [0.4, 0.5) is 4.39 Å². The third-order valence-electron chi connectivity index (χ3n) is 5.03. The van der Waals surface area contributed by atoms with Gasteiger partial charge in [0.2, 0.25) is 5.91 Å². The molecule has 0 aliphatic carbocycles. The zero-order chi connectivity index (χ0) is 21.6. The van der Waals surface area contributed by atoms with Gasteiger partial charge in [0.1, 0.15) is 5.82 Å². The van der Waals surface area contributed by atoms with Gasteiger partial charge in [-0.3, -0.25) is 4.79 Å². The Bertz CT molecular complexity index is 809. The summed E-state index contributed by atoms with van der Waals surface area (Å²) in [5.74, 6) is -0.232. The number of carbonyl (C=O) groups excluding carboxylic acids is 1. The smallest absolute Gasteiger partial charge is 0.228 e. The number of benzene rings is 1. The van der Waals surface area contributed by atoms with E-state index >= 15 is 0 Å². The van der Waals surface area contributed by atoms with Gasteiger partial charge in [-0.25, -0.2) is 4.39 Å². The monoisotopic (exact) mass is 438 g/mol. The Morgan fingerprint density at radius 3 is 2.28 bits per heavy atom. The SMILES string of the molecule is CCCN(CCC)C(=O)C/C(=C(/C)c1ccc(F)cc1)N1C=C(Cl)C=C(Cl)C1C. The molecule has 1 unspecified atom stereocenters. The molecule has 3 nitrogen and oxygen atoms in total. The van der Waals surface area contributed by atoms with Crippen LogP contribution in [0.3, 0.4) is 0 Å². The lowest BCUT2D eigenvalue weighted by Crippen LogP contribution is -2.37. The molecule has 0 spiro atoms. The summed E-state index contributed by atoms with van der Waals surface area (Å²) >= 11 is 12.7. The summed E-state index contributed by atoms with van der Waals surface area (Å²) in [6.07, 6.45) is 5.55. The van der Waals surface area contributed by atoms with Crippen LogP contribution in [0.5, 0.6) is 0 Å². The zero-order valence-corrected chi connectivity index (χ0v) is 19.0. The van der Waals surface area contributed by atoms with Gasteiger partial charge in [-0.2, -0.15) is 0 Å². The van der Waals surface area contributed by atoms with Crippen LogP contribution in [-0.2, 0) is 4.79 Å². The number of hydrogen-bond donors (Lipinski definition) is 0. The molecule has 158 valence electrons. The van der Waals surface area contributed by atoms with Crippen molar-refractivity contribution in [3.05, 3.63) is 63.7 Å². The fraction of sp³-hybridized carbons (Fsp3) is 0.435. The molecular formula is C23H29Cl2FN2O. The van der Waals surface area contributed by atoms with E-state index in [1.165, 1.54) is 12.1 Å². The number of rotatable bonds is 8. The second-order valence-corrected chi connectivity index (χ2v) is 8.14. The maximum Gasteiger partial charge on any atom is 0.228 e. The number of halogens is 3. The average molecular weight is 439 g/mol. The van der Waals surface area contributed by atoms with E-state index in [-0.39, 0.29) is 24.2 Å². The maximum absolute atomic E-state index is 13.4. The summed E-state index contributed by atoms with van der Waals surface area (Å²) in [6.45, 7) is 9.49. The molecule has 0 bridgehead atoms. The standard InChI is InChI=1S/C23H29Cl2FN2O/c1-5-11-27(12-6-2)23(29)14-22(16(3)18-7-9-20(26)10-8-18)28-15-19(24)13-21(25)17(28)4/h7-10,13,15,17H,5-6,11-12,14H2,1-4H3/b22-16+. The highest BCUT2D eigenvalue weighted by atomic mass is 35.5. The van der Waals surface area contributed by atoms with Gasteiger partial charge in [0.25, 0.3) is 0 Å². The van der Waals surface area contributed by atoms with Crippen LogP contribution in [-0.4, -0.2) is 34.8 Å². The summed E-state index contributed by atoms with van der Waals surface area (Å²) in [5, 5.41) is 1.11. The lowest BCUT2D eigenvalue weighted by molar-refractivity contribution is -0.130. The van der Waals surface area contributed by atoms with Crippen LogP contribution < -0.4 is 0 Å². The Balaban J connectivity index is 2.48. The van der Waals surface area contributed by atoms with Gasteiger partial charge in [0, 0.05) is 30.0 Å². The molecule has 1 atom stereocenters. The first-order chi connectivity index (χ1) is 13.8. The van der Waals surface area contributed by atoms with Crippen molar-refractivity contribution < 1.29 is 9.18 Å². The van der Waals surface area contributed by atoms with E-state index in [1.54, 1.807) is 24.4 Å². The van der Waals surface area contributed by atoms with Crippen LogP contribution in [0.2, 0.25) is 0 Å². The molecule has 1 heterocycles. The van der Waals surface area contributed by atoms with E-state index in [1.807, 2.05) is 23.6 Å². The molecule has 0 saturated carbocycles. The van der Waals surface area contributed by atoms with Gasteiger partial charge >= 0.3 is 0 Å². The van der Waals surface area contributed by atoms with Gasteiger partial charge in [-0.1, -0.05) is 49.2 Å². The second kappa shape index (κ2) is 10.8. The molecule has 29 heavy (non-hydrogen) atoms. The van der Waals surface area contributed by atoms with Crippen molar-refractivity contribution in [2.24, 2.45) is 0 Å². The molecule has 1 amide bonds. The number of hydrogen-bond acceptors (Lipinski definition) is 2. The normalized spacial score (nSPS) is 17.5. The minimum atomic E-state index is -0.295. The molecule has 0 radical (unpaired) electrons. The molecule has 1 aromatic rings. The summed E-state index contributed by atoms with van der Waals surface area (Å²) in [6, 6.07) is 6.15. The zero-order valence-electron chi connectivity index (χ0n) is 17.5. The Hall–Kier alpha value is -1.78. The first-order valence-corrected chi connectivity index (χ1v) is 10.8. The fourth-order valence-electron chi connectivity index (χ4n) is 3.42. The molecule has 0 saturated heterocycles. The van der Waals surface area contributed by atoms with E-state index in [0.29, 0.717) is 10.1 Å². The van der Waals surface area contributed by atoms with Gasteiger partial charge in [0.05, 0.1) is 17.5 Å². The lowest BCUT2D eigenvalue weighted by atomic mass is 10.0. The summed E-state index contributed by atoms with van der Waals surface area (Å²) in [4.78, 5) is 17.0. The first kappa shape index (κ1) is 23.5.